The maximum Gasteiger partial charge on any atom is 0.323 e. The molecule has 0 amide bonds. The molecule has 0 aliphatic heterocycles. The molecular formula is C17H34N2O2. The Kier molecular flexibility index (Phi) is 7.67. The Morgan fingerprint density at radius 1 is 1.38 bits per heavy atom. The van der Waals surface area contributed by atoms with Crippen molar-refractivity contribution in [2.75, 3.05) is 19.6 Å². The summed E-state index contributed by atoms with van der Waals surface area (Å²) in [7, 11) is 0. The van der Waals surface area contributed by atoms with Gasteiger partial charge in [-0.3, -0.25) is 4.79 Å². The number of nitrogens with zero attached hydrogens (tertiary/aromatic N) is 1. The van der Waals surface area contributed by atoms with Crippen molar-refractivity contribution in [3.63, 3.8) is 0 Å². The minimum Gasteiger partial charge on any atom is -0.480 e. The summed E-state index contributed by atoms with van der Waals surface area (Å²) in [6.45, 7) is 11.5. The summed E-state index contributed by atoms with van der Waals surface area (Å²) in [5.41, 5.74) is -0.769. The fourth-order valence-electron chi connectivity index (χ4n) is 2.66. The largest absolute Gasteiger partial charge is 0.480 e. The molecule has 1 fully saturated rings. The maximum atomic E-state index is 11.4. The molecule has 1 atom stereocenters. The number of carboxylic acid groups (broad SMARTS) is 1. The van der Waals surface area contributed by atoms with Gasteiger partial charge in [-0.15, -0.1) is 0 Å². The predicted molar refractivity (Wildman–Crippen MR) is 87.6 cm³/mol. The maximum absolute atomic E-state index is 11.4. The molecular weight excluding hydrogens is 264 g/mol. The van der Waals surface area contributed by atoms with Gasteiger partial charge in [-0.05, 0) is 78.3 Å². The second-order valence-corrected chi connectivity index (χ2v) is 7.05. The van der Waals surface area contributed by atoms with Gasteiger partial charge < -0.3 is 15.3 Å². The van der Waals surface area contributed by atoms with Gasteiger partial charge in [0.05, 0.1) is 0 Å². The Balaban J connectivity index is 2.30. The quantitative estimate of drug-likeness (QED) is 0.544. The van der Waals surface area contributed by atoms with Gasteiger partial charge in [-0.25, -0.2) is 0 Å². The molecule has 0 heterocycles. The van der Waals surface area contributed by atoms with Gasteiger partial charge in [0.1, 0.15) is 5.54 Å². The first-order chi connectivity index (χ1) is 9.89. The van der Waals surface area contributed by atoms with Crippen LogP contribution >= 0.6 is 0 Å². The topological polar surface area (TPSA) is 52.6 Å². The van der Waals surface area contributed by atoms with Crippen molar-refractivity contribution < 1.29 is 9.90 Å². The van der Waals surface area contributed by atoms with Crippen LogP contribution in [-0.2, 0) is 4.79 Å². The summed E-state index contributed by atoms with van der Waals surface area (Å²) in [5.74, 6) is 0.192. The smallest absolute Gasteiger partial charge is 0.323 e. The van der Waals surface area contributed by atoms with Gasteiger partial charge in [0.2, 0.25) is 0 Å². The lowest BCUT2D eigenvalue weighted by molar-refractivity contribution is -0.144. The number of hydrogen-bond donors (Lipinski definition) is 2. The van der Waals surface area contributed by atoms with E-state index in [0.717, 1.165) is 38.3 Å². The number of unbranched alkanes of at least 4 members (excludes halogenated alkanes) is 1. The molecule has 124 valence electrons. The van der Waals surface area contributed by atoms with E-state index in [-0.39, 0.29) is 0 Å². The number of aliphatic carboxylic acids is 1. The number of nitrogens with one attached hydrogen (secondary N) is 1. The molecule has 0 spiro atoms. The number of carboxylic acids is 1. The van der Waals surface area contributed by atoms with Crippen LogP contribution in [0, 0.1) is 5.92 Å². The van der Waals surface area contributed by atoms with Gasteiger partial charge in [-0.2, -0.15) is 0 Å². The molecule has 1 rings (SSSR count). The number of rotatable bonds is 12. The lowest BCUT2D eigenvalue weighted by Gasteiger charge is -2.28. The van der Waals surface area contributed by atoms with Crippen LogP contribution < -0.4 is 5.32 Å². The highest BCUT2D eigenvalue weighted by Crippen LogP contribution is 2.30. The van der Waals surface area contributed by atoms with E-state index in [1.54, 1.807) is 0 Å². The SMILES string of the molecule is CCCNC(C)(CCCCN(CC1CC1)C(C)C)C(=O)O. The lowest BCUT2D eigenvalue weighted by Crippen LogP contribution is -2.49. The van der Waals surface area contributed by atoms with E-state index in [4.69, 9.17) is 0 Å². The van der Waals surface area contributed by atoms with E-state index in [9.17, 15) is 9.90 Å². The van der Waals surface area contributed by atoms with E-state index >= 15 is 0 Å². The molecule has 0 aromatic rings. The molecule has 0 radical (unpaired) electrons. The van der Waals surface area contributed by atoms with Crippen LogP contribution in [0.4, 0.5) is 0 Å². The molecule has 2 N–H and O–H groups in total. The number of hydrogen-bond acceptors (Lipinski definition) is 3. The van der Waals surface area contributed by atoms with Crippen LogP contribution in [0.2, 0.25) is 0 Å². The number of carbonyl (C=O) groups is 1. The van der Waals surface area contributed by atoms with E-state index < -0.39 is 11.5 Å². The molecule has 1 aliphatic carbocycles. The highest BCUT2D eigenvalue weighted by Gasteiger charge is 2.31. The van der Waals surface area contributed by atoms with Crippen LogP contribution in [0.1, 0.15) is 66.2 Å². The van der Waals surface area contributed by atoms with Crippen molar-refractivity contribution in [1.82, 2.24) is 10.2 Å². The van der Waals surface area contributed by atoms with Gasteiger partial charge in [0.15, 0.2) is 0 Å². The van der Waals surface area contributed by atoms with Gasteiger partial charge >= 0.3 is 5.97 Å². The molecule has 1 aliphatic rings. The average molecular weight is 298 g/mol. The molecule has 0 aromatic heterocycles. The monoisotopic (exact) mass is 298 g/mol. The summed E-state index contributed by atoms with van der Waals surface area (Å²) < 4.78 is 0. The Labute approximate surface area is 130 Å². The summed E-state index contributed by atoms with van der Waals surface area (Å²) >= 11 is 0. The van der Waals surface area contributed by atoms with E-state index in [2.05, 4.69) is 31.0 Å². The minimum atomic E-state index is -0.769. The first-order valence-corrected chi connectivity index (χ1v) is 8.61. The zero-order valence-electron chi connectivity index (χ0n) is 14.3. The molecule has 4 nitrogen and oxygen atoms in total. The van der Waals surface area contributed by atoms with Gasteiger partial charge in [0, 0.05) is 12.6 Å². The fraction of sp³-hybridized carbons (Fsp3) is 0.941. The normalized spacial score (nSPS) is 18.2. The van der Waals surface area contributed by atoms with E-state index in [1.165, 1.54) is 19.4 Å². The third kappa shape index (κ3) is 6.79. The van der Waals surface area contributed by atoms with Crippen LogP contribution in [0.5, 0.6) is 0 Å². The summed E-state index contributed by atoms with van der Waals surface area (Å²) in [6.07, 6.45) is 6.50. The minimum absolute atomic E-state index is 0.592. The first kappa shape index (κ1) is 18.4. The lowest BCUT2D eigenvalue weighted by atomic mass is 9.94. The zero-order valence-corrected chi connectivity index (χ0v) is 14.3. The van der Waals surface area contributed by atoms with Gasteiger partial charge in [0.25, 0.3) is 0 Å². The van der Waals surface area contributed by atoms with Crippen molar-refractivity contribution in [2.24, 2.45) is 5.92 Å². The second-order valence-electron chi connectivity index (χ2n) is 7.05. The average Bonchev–Trinajstić information content (AvgIpc) is 3.23. The Hall–Kier alpha value is -0.610. The van der Waals surface area contributed by atoms with Crippen LogP contribution in [0.15, 0.2) is 0 Å². The highest BCUT2D eigenvalue weighted by molar-refractivity contribution is 5.78. The second kappa shape index (κ2) is 8.74. The summed E-state index contributed by atoms with van der Waals surface area (Å²) in [6, 6.07) is 0.592. The third-order valence-corrected chi connectivity index (χ3v) is 4.53. The Morgan fingerprint density at radius 3 is 2.52 bits per heavy atom. The first-order valence-electron chi connectivity index (χ1n) is 8.61. The van der Waals surface area contributed by atoms with Crippen molar-refractivity contribution in [3.8, 4) is 0 Å². The van der Waals surface area contributed by atoms with Crippen LogP contribution in [-0.4, -0.2) is 47.2 Å². The predicted octanol–water partition coefficient (Wildman–Crippen LogP) is 3.12. The molecule has 0 bridgehead atoms. The van der Waals surface area contributed by atoms with Crippen LogP contribution in [0.3, 0.4) is 0 Å². The van der Waals surface area contributed by atoms with Gasteiger partial charge in [-0.1, -0.05) is 6.92 Å². The highest BCUT2D eigenvalue weighted by atomic mass is 16.4. The molecule has 0 aromatic carbocycles. The van der Waals surface area contributed by atoms with E-state index in [0.29, 0.717) is 12.5 Å². The molecule has 1 saturated carbocycles. The molecule has 21 heavy (non-hydrogen) atoms. The zero-order chi connectivity index (χ0) is 15.9. The standard InChI is InChI=1S/C17H34N2O2/c1-5-11-18-17(4,16(20)21)10-6-7-12-19(14(2)3)13-15-8-9-15/h14-15,18H,5-13H2,1-4H3,(H,20,21). The molecule has 0 saturated heterocycles. The fourth-order valence-corrected chi connectivity index (χ4v) is 2.66. The van der Waals surface area contributed by atoms with Crippen molar-refractivity contribution in [2.45, 2.75) is 77.8 Å². The summed E-state index contributed by atoms with van der Waals surface area (Å²) in [4.78, 5) is 14.0. The molecule has 1 unspecified atom stereocenters. The van der Waals surface area contributed by atoms with Crippen molar-refractivity contribution in [3.05, 3.63) is 0 Å². The Morgan fingerprint density at radius 2 is 2.05 bits per heavy atom. The van der Waals surface area contributed by atoms with E-state index in [1.807, 2.05) is 6.92 Å². The third-order valence-electron chi connectivity index (χ3n) is 4.53. The molecule has 4 heteroatoms. The van der Waals surface area contributed by atoms with Crippen LogP contribution in [0.25, 0.3) is 0 Å². The summed E-state index contributed by atoms with van der Waals surface area (Å²) in [5, 5.41) is 12.6. The Bertz CT molecular complexity index is 316. The van der Waals surface area contributed by atoms with Crippen molar-refractivity contribution >= 4 is 5.97 Å². The van der Waals surface area contributed by atoms with Crippen molar-refractivity contribution in [1.29, 1.82) is 0 Å².